The van der Waals surface area contributed by atoms with Gasteiger partial charge in [-0.1, -0.05) is 84.5 Å². The number of unbranched alkanes of at least 4 members (excludes halogenated alkanes) is 10. The van der Waals surface area contributed by atoms with E-state index in [0.29, 0.717) is 11.7 Å². The van der Waals surface area contributed by atoms with E-state index in [1.807, 2.05) is 6.92 Å². The van der Waals surface area contributed by atoms with E-state index in [-0.39, 0.29) is 0 Å². The first kappa shape index (κ1) is 23.6. The van der Waals surface area contributed by atoms with E-state index in [4.69, 9.17) is 5.11 Å². The molecule has 0 aliphatic rings. The molecule has 0 fully saturated rings. The molecule has 24 heavy (non-hydrogen) atoms. The third-order valence-electron chi connectivity index (χ3n) is 4.70. The predicted molar refractivity (Wildman–Crippen MR) is 105 cm³/mol. The molecule has 0 aromatic carbocycles. The highest BCUT2D eigenvalue weighted by atomic mass is 32.2. The average molecular weight is 361 g/mol. The number of hydrogen-bond donors (Lipinski definition) is 1. The molecule has 144 valence electrons. The summed E-state index contributed by atoms with van der Waals surface area (Å²) in [5.74, 6) is 0.0860. The third-order valence-corrected chi connectivity index (χ3v) is 6.49. The Morgan fingerprint density at radius 3 is 1.71 bits per heavy atom. The van der Waals surface area contributed by atoms with E-state index in [1.165, 1.54) is 44.9 Å². The van der Waals surface area contributed by atoms with E-state index in [1.54, 1.807) is 0 Å². The summed E-state index contributed by atoms with van der Waals surface area (Å²) in [6, 6.07) is 0. The van der Waals surface area contributed by atoms with Crippen molar-refractivity contribution in [1.82, 2.24) is 0 Å². The number of carboxylic acid groups (broad SMARTS) is 1. The second-order valence-corrected chi connectivity index (χ2v) is 8.91. The molecular weight excluding hydrogens is 320 g/mol. The molecule has 2 atom stereocenters. The van der Waals surface area contributed by atoms with Crippen molar-refractivity contribution in [2.24, 2.45) is 0 Å². The molecular formula is C20H40O3S. The van der Waals surface area contributed by atoms with Gasteiger partial charge in [0.1, 0.15) is 0 Å². The van der Waals surface area contributed by atoms with Gasteiger partial charge in [-0.2, -0.15) is 0 Å². The summed E-state index contributed by atoms with van der Waals surface area (Å²) in [6.45, 7) is 4.27. The summed E-state index contributed by atoms with van der Waals surface area (Å²) in [6.07, 6.45) is 16.9. The molecule has 0 heterocycles. The van der Waals surface area contributed by atoms with Gasteiger partial charge in [0.05, 0.1) is 0 Å². The normalized spacial score (nSPS) is 13.8. The second kappa shape index (κ2) is 17.4. The zero-order chi connectivity index (χ0) is 18.0. The Kier molecular flexibility index (Phi) is 17.2. The lowest BCUT2D eigenvalue weighted by molar-refractivity contribution is -0.137. The van der Waals surface area contributed by atoms with Gasteiger partial charge in [0.25, 0.3) is 0 Å². The van der Waals surface area contributed by atoms with Crippen molar-refractivity contribution in [3.63, 3.8) is 0 Å². The molecule has 0 saturated heterocycles. The van der Waals surface area contributed by atoms with Crippen molar-refractivity contribution in [1.29, 1.82) is 0 Å². The van der Waals surface area contributed by atoms with Gasteiger partial charge in [0.15, 0.2) is 0 Å². The Balaban J connectivity index is 3.70. The Hall–Kier alpha value is -0.380. The van der Waals surface area contributed by atoms with Crippen LogP contribution in [0.3, 0.4) is 0 Å². The van der Waals surface area contributed by atoms with Crippen LogP contribution in [0.5, 0.6) is 0 Å². The van der Waals surface area contributed by atoms with E-state index in [2.05, 4.69) is 6.92 Å². The van der Waals surface area contributed by atoms with Crippen molar-refractivity contribution in [2.45, 2.75) is 115 Å². The molecule has 4 heteroatoms. The van der Waals surface area contributed by atoms with Crippen molar-refractivity contribution < 1.29 is 14.1 Å². The van der Waals surface area contributed by atoms with Gasteiger partial charge in [0, 0.05) is 28.2 Å². The molecule has 0 saturated carbocycles. The lowest BCUT2D eigenvalue weighted by Gasteiger charge is -2.15. The second-order valence-electron chi connectivity index (χ2n) is 6.90. The Morgan fingerprint density at radius 1 is 0.792 bits per heavy atom. The summed E-state index contributed by atoms with van der Waals surface area (Å²) in [4.78, 5) is 10.5. The third kappa shape index (κ3) is 15.2. The van der Waals surface area contributed by atoms with Crippen LogP contribution in [0, 0.1) is 0 Å². The van der Waals surface area contributed by atoms with Crippen LogP contribution in [0.4, 0.5) is 0 Å². The van der Waals surface area contributed by atoms with Gasteiger partial charge < -0.3 is 5.11 Å². The van der Waals surface area contributed by atoms with E-state index >= 15 is 0 Å². The van der Waals surface area contributed by atoms with Gasteiger partial charge in [0.2, 0.25) is 0 Å². The fourth-order valence-corrected chi connectivity index (χ4v) is 4.48. The zero-order valence-electron chi connectivity index (χ0n) is 16.1. The van der Waals surface area contributed by atoms with Crippen molar-refractivity contribution >= 4 is 16.8 Å². The lowest BCUT2D eigenvalue weighted by atomic mass is 10.0. The molecule has 0 aromatic heterocycles. The molecule has 0 amide bonds. The van der Waals surface area contributed by atoms with Crippen LogP contribution in [0.2, 0.25) is 0 Å². The first-order valence-corrected chi connectivity index (χ1v) is 11.6. The summed E-state index contributed by atoms with van der Waals surface area (Å²) >= 11 is 0. The lowest BCUT2D eigenvalue weighted by Crippen LogP contribution is -2.17. The van der Waals surface area contributed by atoms with E-state index < -0.39 is 16.8 Å². The molecule has 2 unspecified atom stereocenters. The minimum Gasteiger partial charge on any atom is -0.481 e. The van der Waals surface area contributed by atoms with Crippen molar-refractivity contribution in [3.05, 3.63) is 0 Å². The molecule has 0 bridgehead atoms. The predicted octanol–water partition coefficient (Wildman–Crippen LogP) is 6.08. The smallest absolute Gasteiger partial charge is 0.303 e. The molecule has 1 N–H and O–H groups in total. The van der Waals surface area contributed by atoms with E-state index in [9.17, 15) is 9.00 Å². The Morgan fingerprint density at radius 2 is 1.25 bits per heavy atom. The summed E-state index contributed by atoms with van der Waals surface area (Å²) in [5, 5.41) is 8.99. The highest BCUT2D eigenvalue weighted by Crippen LogP contribution is 2.18. The van der Waals surface area contributed by atoms with Crippen LogP contribution in [0.1, 0.15) is 110 Å². The summed E-state index contributed by atoms with van der Waals surface area (Å²) in [5.41, 5.74) is 0. The van der Waals surface area contributed by atoms with Gasteiger partial charge in [-0.25, -0.2) is 0 Å². The molecule has 0 spiro atoms. The van der Waals surface area contributed by atoms with Crippen molar-refractivity contribution in [3.8, 4) is 0 Å². The SMILES string of the molecule is CCCCCCCCCC(CCCCCCCC(=O)O)S(=O)CC. The minimum absolute atomic E-state index is 0.292. The quantitative estimate of drug-likeness (QED) is 0.301. The molecule has 0 aliphatic heterocycles. The minimum atomic E-state index is -0.692. The standard InChI is InChI=1S/C20H40O3S/c1-3-5-6-7-8-10-13-16-19(24(23)4-2)17-14-11-9-12-15-18-20(21)22/h19H,3-18H2,1-2H3,(H,21,22). The Labute approximate surface area is 152 Å². The van der Waals surface area contributed by atoms with Crippen LogP contribution in [-0.2, 0) is 15.6 Å². The Bertz CT molecular complexity index is 318. The fraction of sp³-hybridized carbons (Fsp3) is 0.950. The summed E-state index contributed by atoms with van der Waals surface area (Å²) in [7, 11) is -0.668. The van der Waals surface area contributed by atoms with Crippen LogP contribution in [-0.4, -0.2) is 26.3 Å². The fourth-order valence-electron chi connectivity index (χ4n) is 3.15. The van der Waals surface area contributed by atoms with Gasteiger partial charge >= 0.3 is 5.97 Å². The molecule has 0 aliphatic carbocycles. The number of rotatable bonds is 18. The first-order chi connectivity index (χ1) is 11.6. The molecule has 0 rings (SSSR count). The zero-order valence-corrected chi connectivity index (χ0v) is 16.9. The number of carbonyl (C=O) groups is 1. The maximum atomic E-state index is 12.2. The largest absolute Gasteiger partial charge is 0.481 e. The number of carboxylic acids is 1. The first-order valence-electron chi connectivity index (χ1n) is 10.2. The maximum Gasteiger partial charge on any atom is 0.303 e. The van der Waals surface area contributed by atoms with Gasteiger partial charge in [-0.3, -0.25) is 9.00 Å². The van der Waals surface area contributed by atoms with Crippen LogP contribution < -0.4 is 0 Å². The molecule has 3 nitrogen and oxygen atoms in total. The van der Waals surface area contributed by atoms with Gasteiger partial charge in [-0.15, -0.1) is 0 Å². The van der Waals surface area contributed by atoms with Crippen LogP contribution in [0.15, 0.2) is 0 Å². The van der Waals surface area contributed by atoms with E-state index in [0.717, 1.165) is 50.7 Å². The van der Waals surface area contributed by atoms with Crippen molar-refractivity contribution in [2.75, 3.05) is 5.75 Å². The van der Waals surface area contributed by atoms with Crippen LogP contribution >= 0.6 is 0 Å². The van der Waals surface area contributed by atoms with Gasteiger partial charge in [-0.05, 0) is 19.3 Å². The van der Waals surface area contributed by atoms with Crippen LogP contribution in [0.25, 0.3) is 0 Å². The topological polar surface area (TPSA) is 54.4 Å². The molecule has 0 aromatic rings. The maximum absolute atomic E-state index is 12.2. The number of aliphatic carboxylic acids is 1. The molecule has 0 radical (unpaired) electrons. The monoisotopic (exact) mass is 360 g/mol. The highest BCUT2D eigenvalue weighted by Gasteiger charge is 2.14. The summed E-state index contributed by atoms with van der Waals surface area (Å²) < 4.78 is 12.2. The number of hydrogen-bond acceptors (Lipinski definition) is 2. The highest BCUT2D eigenvalue weighted by molar-refractivity contribution is 7.85. The average Bonchev–Trinajstić information content (AvgIpc) is 2.57.